The average molecular weight is 240 g/mol. The maximum Gasteiger partial charge on any atom is 0.0346 e. The number of hydrogen-bond acceptors (Lipinski definition) is 2. The van der Waals surface area contributed by atoms with E-state index in [4.69, 9.17) is 11.5 Å². The first kappa shape index (κ1) is 12.5. The van der Waals surface area contributed by atoms with Crippen molar-refractivity contribution in [2.24, 2.45) is 0 Å². The first-order valence-corrected chi connectivity index (χ1v) is 6.18. The number of nitrogens with two attached hydrogens (primary N) is 2. The molecule has 0 aliphatic carbocycles. The van der Waals surface area contributed by atoms with E-state index in [1.807, 2.05) is 18.2 Å². The van der Waals surface area contributed by atoms with E-state index in [0.29, 0.717) is 0 Å². The lowest BCUT2D eigenvalue weighted by Crippen LogP contribution is -2.00. The van der Waals surface area contributed by atoms with Crippen LogP contribution in [-0.4, -0.2) is 0 Å². The zero-order valence-electron chi connectivity index (χ0n) is 11.2. The molecule has 0 radical (unpaired) electrons. The van der Waals surface area contributed by atoms with E-state index >= 15 is 0 Å². The van der Waals surface area contributed by atoms with Crippen LogP contribution in [0.5, 0.6) is 0 Å². The molecule has 94 valence electrons. The second-order valence-electron chi connectivity index (χ2n) is 4.93. The van der Waals surface area contributed by atoms with Crippen molar-refractivity contribution in [2.75, 3.05) is 11.5 Å². The summed E-state index contributed by atoms with van der Waals surface area (Å²) < 4.78 is 0. The number of nitrogen functional groups attached to an aromatic ring is 2. The first-order chi connectivity index (χ1) is 8.49. The molecule has 0 saturated carbocycles. The summed E-state index contributed by atoms with van der Waals surface area (Å²) in [5.74, 6) is 0. The van der Waals surface area contributed by atoms with Crippen molar-refractivity contribution in [1.82, 2.24) is 0 Å². The summed E-state index contributed by atoms with van der Waals surface area (Å²) in [4.78, 5) is 0. The molecule has 0 saturated heterocycles. The topological polar surface area (TPSA) is 52.0 Å². The van der Waals surface area contributed by atoms with Crippen LogP contribution in [0.2, 0.25) is 0 Å². The molecular formula is C16H20N2. The van der Waals surface area contributed by atoms with Gasteiger partial charge < -0.3 is 11.5 Å². The number of anilines is 2. The molecule has 4 N–H and O–H groups in total. The zero-order valence-corrected chi connectivity index (χ0v) is 11.2. The lowest BCUT2D eigenvalue weighted by atomic mass is 9.94. The number of hydrogen-bond donors (Lipinski definition) is 2. The number of benzene rings is 2. The highest BCUT2D eigenvalue weighted by Gasteiger charge is 2.06. The van der Waals surface area contributed by atoms with Gasteiger partial charge in [0.1, 0.15) is 0 Å². The molecule has 2 heteroatoms. The zero-order chi connectivity index (χ0) is 13.3. The van der Waals surface area contributed by atoms with Crippen LogP contribution in [-0.2, 0) is 6.42 Å². The van der Waals surface area contributed by atoms with Crippen LogP contribution in [0.25, 0.3) is 0 Å². The highest BCUT2D eigenvalue weighted by Crippen LogP contribution is 2.23. The molecule has 2 nitrogen and oxygen atoms in total. The third-order valence-electron chi connectivity index (χ3n) is 3.69. The summed E-state index contributed by atoms with van der Waals surface area (Å²) in [5, 5.41) is 0. The normalized spacial score (nSPS) is 10.6. The van der Waals surface area contributed by atoms with Crippen LogP contribution in [0.1, 0.15) is 27.8 Å². The highest BCUT2D eigenvalue weighted by atomic mass is 14.6. The van der Waals surface area contributed by atoms with E-state index in [1.54, 1.807) is 0 Å². The minimum Gasteiger partial charge on any atom is -0.399 e. The van der Waals surface area contributed by atoms with Gasteiger partial charge in [0, 0.05) is 11.4 Å². The minimum atomic E-state index is 0.821. The monoisotopic (exact) mass is 240 g/mol. The smallest absolute Gasteiger partial charge is 0.0346 e. The molecule has 0 amide bonds. The van der Waals surface area contributed by atoms with Crippen molar-refractivity contribution < 1.29 is 0 Å². The van der Waals surface area contributed by atoms with Crippen molar-refractivity contribution in [3.8, 4) is 0 Å². The van der Waals surface area contributed by atoms with Crippen molar-refractivity contribution in [2.45, 2.75) is 27.2 Å². The third kappa shape index (κ3) is 2.33. The van der Waals surface area contributed by atoms with Gasteiger partial charge in [-0.1, -0.05) is 12.1 Å². The van der Waals surface area contributed by atoms with Crippen LogP contribution in [0.15, 0.2) is 30.3 Å². The quantitative estimate of drug-likeness (QED) is 0.791. The molecule has 2 aromatic rings. The van der Waals surface area contributed by atoms with Gasteiger partial charge in [-0.05, 0) is 73.2 Å². The Balaban J connectivity index is 2.37. The SMILES string of the molecule is Cc1cc(N)ccc1Cc1ccc(N)c(C)c1C. The Kier molecular flexibility index (Phi) is 3.28. The fourth-order valence-corrected chi connectivity index (χ4v) is 2.21. The molecule has 2 aromatic carbocycles. The Hall–Kier alpha value is -1.96. The molecule has 0 bridgehead atoms. The fraction of sp³-hybridized carbons (Fsp3) is 0.250. The van der Waals surface area contributed by atoms with E-state index in [0.717, 1.165) is 17.8 Å². The molecule has 0 aliphatic rings. The summed E-state index contributed by atoms with van der Waals surface area (Å²) in [5.41, 5.74) is 19.7. The van der Waals surface area contributed by atoms with Gasteiger partial charge >= 0.3 is 0 Å². The Morgan fingerprint density at radius 2 is 1.50 bits per heavy atom. The van der Waals surface area contributed by atoms with Gasteiger partial charge in [0.25, 0.3) is 0 Å². The van der Waals surface area contributed by atoms with E-state index in [9.17, 15) is 0 Å². The minimum absolute atomic E-state index is 0.821. The van der Waals surface area contributed by atoms with Gasteiger partial charge in [-0.15, -0.1) is 0 Å². The lowest BCUT2D eigenvalue weighted by Gasteiger charge is -2.13. The van der Waals surface area contributed by atoms with E-state index in [1.165, 1.54) is 27.8 Å². The van der Waals surface area contributed by atoms with E-state index < -0.39 is 0 Å². The lowest BCUT2D eigenvalue weighted by molar-refractivity contribution is 1.12. The van der Waals surface area contributed by atoms with Crippen molar-refractivity contribution >= 4 is 11.4 Å². The maximum atomic E-state index is 5.92. The Morgan fingerprint density at radius 1 is 0.833 bits per heavy atom. The molecule has 0 fully saturated rings. The van der Waals surface area contributed by atoms with Crippen LogP contribution < -0.4 is 11.5 Å². The molecule has 0 heterocycles. The van der Waals surface area contributed by atoms with Crippen molar-refractivity contribution in [3.05, 3.63) is 58.1 Å². The summed E-state index contributed by atoms with van der Waals surface area (Å²) in [6, 6.07) is 10.2. The fourth-order valence-electron chi connectivity index (χ4n) is 2.21. The third-order valence-corrected chi connectivity index (χ3v) is 3.69. The van der Waals surface area contributed by atoms with Gasteiger partial charge in [0.05, 0.1) is 0 Å². The number of aryl methyl sites for hydroxylation is 1. The maximum absolute atomic E-state index is 5.92. The van der Waals surface area contributed by atoms with Gasteiger partial charge in [0.15, 0.2) is 0 Å². The summed E-state index contributed by atoms with van der Waals surface area (Å²) in [7, 11) is 0. The standard InChI is InChI=1S/C16H20N2/c1-10-8-15(17)6-4-13(10)9-14-5-7-16(18)12(3)11(14)2/h4-8H,9,17-18H2,1-3H3. The van der Waals surface area contributed by atoms with E-state index in [-0.39, 0.29) is 0 Å². The predicted molar refractivity (Wildman–Crippen MR) is 78.7 cm³/mol. The van der Waals surface area contributed by atoms with Crippen LogP contribution >= 0.6 is 0 Å². The molecule has 2 rings (SSSR count). The van der Waals surface area contributed by atoms with Crippen LogP contribution in [0.4, 0.5) is 11.4 Å². The van der Waals surface area contributed by atoms with Crippen molar-refractivity contribution in [1.29, 1.82) is 0 Å². The second kappa shape index (κ2) is 4.73. The first-order valence-electron chi connectivity index (χ1n) is 6.18. The molecule has 0 aliphatic heterocycles. The summed E-state index contributed by atoms with van der Waals surface area (Å²) in [6.45, 7) is 6.31. The van der Waals surface area contributed by atoms with E-state index in [2.05, 4.69) is 32.9 Å². The number of rotatable bonds is 2. The average Bonchev–Trinajstić information content (AvgIpc) is 2.33. The van der Waals surface area contributed by atoms with Crippen LogP contribution in [0.3, 0.4) is 0 Å². The Labute approximate surface area is 109 Å². The van der Waals surface area contributed by atoms with Gasteiger partial charge in [0.2, 0.25) is 0 Å². The molecule has 0 spiro atoms. The van der Waals surface area contributed by atoms with Gasteiger partial charge in [-0.2, -0.15) is 0 Å². The second-order valence-corrected chi connectivity index (χ2v) is 4.93. The molecule has 0 atom stereocenters. The largest absolute Gasteiger partial charge is 0.399 e. The van der Waals surface area contributed by atoms with Crippen LogP contribution in [0, 0.1) is 20.8 Å². The predicted octanol–water partition coefficient (Wildman–Crippen LogP) is 3.37. The van der Waals surface area contributed by atoms with Gasteiger partial charge in [-0.3, -0.25) is 0 Å². The Bertz CT molecular complexity index is 586. The van der Waals surface area contributed by atoms with Gasteiger partial charge in [-0.25, -0.2) is 0 Å². The summed E-state index contributed by atoms with van der Waals surface area (Å²) in [6.07, 6.45) is 0.930. The highest BCUT2D eigenvalue weighted by molar-refractivity contribution is 5.54. The molecule has 0 unspecified atom stereocenters. The van der Waals surface area contributed by atoms with Crippen molar-refractivity contribution in [3.63, 3.8) is 0 Å². The molecular weight excluding hydrogens is 220 g/mol. The molecule has 18 heavy (non-hydrogen) atoms. The summed E-state index contributed by atoms with van der Waals surface area (Å²) >= 11 is 0. The molecule has 0 aromatic heterocycles. The Morgan fingerprint density at radius 3 is 2.17 bits per heavy atom.